The molecule has 2 aromatic rings. The lowest BCUT2D eigenvalue weighted by atomic mass is 10.00. The van der Waals surface area contributed by atoms with Gasteiger partial charge in [-0.2, -0.15) is 4.98 Å². The molecular weight excluding hydrogens is 322 g/mol. The number of ether oxygens (including phenoxy) is 1. The molecule has 0 bridgehead atoms. The van der Waals surface area contributed by atoms with Gasteiger partial charge in [-0.05, 0) is 26.7 Å². The van der Waals surface area contributed by atoms with Crippen LogP contribution in [-0.2, 0) is 4.74 Å². The molecule has 1 unspecified atom stereocenters. The maximum Gasteiger partial charge on any atom is 0.408 e. The largest absolute Gasteiger partial charge is 0.444 e. The third-order valence-corrected chi connectivity index (χ3v) is 3.29. The SMILES string of the molecule is CC(C)C(NC(=O)OC(C)(C)C)C(=O)c1nc(-c2ccccc2)no1. The summed E-state index contributed by atoms with van der Waals surface area (Å²) in [4.78, 5) is 28.8. The van der Waals surface area contributed by atoms with E-state index in [1.165, 1.54) is 0 Å². The summed E-state index contributed by atoms with van der Waals surface area (Å²) >= 11 is 0. The van der Waals surface area contributed by atoms with Gasteiger partial charge in [-0.3, -0.25) is 4.79 Å². The molecule has 0 aliphatic carbocycles. The molecule has 0 saturated carbocycles. The van der Waals surface area contributed by atoms with Crippen molar-refractivity contribution in [2.75, 3.05) is 0 Å². The molecule has 134 valence electrons. The van der Waals surface area contributed by atoms with Crippen molar-refractivity contribution in [3.8, 4) is 11.4 Å². The van der Waals surface area contributed by atoms with Gasteiger partial charge in [-0.25, -0.2) is 4.79 Å². The van der Waals surface area contributed by atoms with Crippen molar-refractivity contribution in [1.29, 1.82) is 0 Å². The fourth-order valence-corrected chi connectivity index (χ4v) is 2.13. The molecule has 7 nitrogen and oxygen atoms in total. The molecular formula is C18H23N3O4. The van der Waals surface area contributed by atoms with Crippen LogP contribution < -0.4 is 5.32 Å². The monoisotopic (exact) mass is 345 g/mol. The molecule has 0 spiro atoms. The van der Waals surface area contributed by atoms with E-state index in [0.29, 0.717) is 5.82 Å². The Morgan fingerprint density at radius 3 is 2.36 bits per heavy atom. The van der Waals surface area contributed by atoms with Gasteiger partial charge in [0.2, 0.25) is 11.6 Å². The van der Waals surface area contributed by atoms with Crippen LogP contribution in [0.2, 0.25) is 0 Å². The van der Waals surface area contributed by atoms with E-state index in [4.69, 9.17) is 9.26 Å². The lowest BCUT2D eigenvalue weighted by molar-refractivity contribution is 0.0471. The van der Waals surface area contributed by atoms with Gasteiger partial charge < -0.3 is 14.6 Å². The summed E-state index contributed by atoms with van der Waals surface area (Å²) in [6.45, 7) is 8.89. The van der Waals surface area contributed by atoms with Gasteiger partial charge >= 0.3 is 6.09 Å². The number of amides is 1. The lowest BCUT2D eigenvalue weighted by Gasteiger charge is -2.24. The van der Waals surface area contributed by atoms with Crippen LogP contribution in [0.1, 0.15) is 45.3 Å². The van der Waals surface area contributed by atoms with Crippen molar-refractivity contribution in [2.45, 2.75) is 46.3 Å². The predicted molar refractivity (Wildman–Crippen MR) is 92.1 cm³/mol. The number of carbonyl (C=O) groups excluding carboxylic acids is 2. The number of nitrogens with one attached hydrogen (secondary N) is 1. The first kappa shape index (κ1) is 18.6. The van der Waals surface area contributed by atoms with Crippen LogP contribution in [0.15, 0.2) is 34.9 Å². The zero-order valence-electron chi connectivity index (χ0n) is 15.1. The summed E-state index contributed by atoms with van der Waals surface area (Å²) in [5, 5.41) is 6.42. The number of nitrogens with zero attached hydrogens (tertiary/aromatic N) is 2. The van der Waals surface area contributed by atoms with E-state index in [1.807, 2.05) is 44.2 Å². The first-order chi connectivity index (χ1) is 11.7. The molecule has 0 aliphatic heterocycles. The molecule has 1 heterocycles. The molecule has 0 saturated heterocycles. The van der Waals surface area contributed by atoms with E-state index in [-0.39, 0.29) is 11.8 Å². The molecule has 1 aromatic carbocycles. The van der Waals surface area contributed by atoms with Crippen LogP contribution in [0.5, 0.6) is 0 Å². The molecule has 1 atom stereocenters. The number of rotatable bonds is 5. The number of benzene rings is 1. The average Bonchev–Trinajstić information content (AvgIpc) is 3.01. The third-order valence-electron chi connectivity index (χ3n) is 3.29. The minimum absolute atomic E-state index is 0.145. The first-order valence-corrected chi connectivity index (χ1v) is 8.10. The minimum Gasteiger partial charge on any atom is -0.444 e. The zero-order chi connectivity index (χ0) is 18.6. The Hall–Kier alpha value is -2.70. The van der Waals surface area contributed by atoms with Gasteiger partial charge in [-0.1, -0.05) is 49.3 Å². The van der Waals surface area contributed by atoms with E-state index >= 15 is 0 Å². The first-order valence-electron chi connectivity index (χ1n) is 8.10. The Kier molecular flexibility index (Phi) is 5.56. The molecule has 1 amide bonds. The summed E-state index contributed by atoms with van der Waals surface area (Å²) in [6, 6.07) is 8.37. The highest BCUT2D eigenvalue weighted by atomic mass is 16.6. The molecule has 2 rings (SSSR count). The van der Waals surface area contributed by atoms with Gasteiger partial charge in [0.1, 0.15) is 11.6 Å². The van der Waals surface area contributed by atoms with E-state index in [0.717, 1.165) is 5.56 Å². The number of hydrogen-bond acceptors (Lipinski definition) is 6. The number of alkyl carbamates (subject to hydrolysis) is 1. The van der Waals surface area contributed by atoms with E-state index in [9.17, 15) is 9.59 Å². The Balaban J connectivity index is 2.15. The van der Waals surface area contributed by atoms with E-state index in [2.05, 4.69) is 15.5 Å². The number of Topliss-reactive ketones (excluding diaryl/α,β-unsaturated/α-hetero) is 1. The highest BCUT2D eigenvalue weighted by molar-refractivity contribution is 5.98. The molecule has 1 aromatic heterocycles. The predicted octanol–water partition coefficient (Wildman–Crippen LogP) is 3.47. The molecule has 0 aliphatic rings. The number of hydrogen-bond donors (Lipinski definition) is 1. The van der Waals surface area contributed by atoms with Crippen molar-refractivity contribution < 1.29 is 18.8 Å². The van der Waals surface area contributed by atoms with Crippen LogP contribution in [-0.4, -0.2) is 33.7 Å². The third kappa shape index (κ3) is 5.14. The normalized spacial score (nSPS) is 12.7. The number of aromatic nitrogens is 2. The maximum atomic E-state index is 12.7. The van der Waals surface area contributed by atoms with E-state index in [1.54, 1.807) is 20.8 Å². The Bertz CT molecular complexity index is 732. The van der Waals surface area contributed by atoms with Gasteiger partial charge in [0.25, 0.3) is 5.89 Å². The topological polar surface area (TPSA) is 94.3 Å². The van der Waals surface area contributed by atoms with Gasteiger partial charge in [0, 0.05) is 5.56 Å². The van der Waals surface area contributed by atoms with Crippen molar-refractivity contribution >= 4 is 11.9 Å². The van der Waals surface area contributed by atoms with Crippen molar-refractivity contribution in [1.82, 2.24) is 15.5 Å². The highest BCUT2D eigenvalue weighted by Crippen LogP contribution is 2.17. The second kappa shape index (κ2) is 7.46. The van der Waals surface area contributed by atoms with Gasteiger partial charge in [0.05, 0.1) is 0 Å². The van der Waals surface area contributed by atoms with Crippen LogP contribution >= 0.6 is 0 Å². The molecule has 1 N–H and O–H groups in total. The Morgan fingerprint density at radius 1 is 1.16 bits per heavy atom. The van der Waals surface area contributed by atoms with Crippen LogP contribution in [0.25, 0.3) is 11.4 Å². The quantitative estimate of drug-likeness (QED) is 0.834. The average molecular weight is 345 g/mol. The van der Waals surface area contributed by atoms with E-state index < -0.39 is 23.5 Å². The second-order valence-corrected chi connectivity index (χ2v) is 7.02. The fourth-order valence-electron chi connectivity index (χ4n) is 2.13. The zero-order valence-corrected chi connectivity index (χ0v) is 15.1. The number of carbonyl (C=O) groups is 2. The van der Waals surface area contributed by atoms with Gasteiger partial charge in [0.15, 0.2) is 0 Å². The van der Waals surface area contributed by atoms with Crippen LogP contribution in [0.4, 0.5) is 4.79 Å². The lowest BCUT2D eigenvalue weighted by Crippen LogP contribution is -2.46. The Morgan fingerprint density at radius 2 is 1.80 bits per heavy atom. The van der Waals surface area contributed by atoms with Crippen molar-refractivity contribution in [3.05, 3.63) is 36.2 Å². The van der Waals surface area contributed by atoms with Crippen molar-refractivity contribution in [3.63, 3.8) is 0 Å². The molecule has 7 heteroatoms. The number of ketones is 1. The summed E-state index contributed by atoms with van der Waals surface area (Å²) in [5.74, 6) is -0.444. The summed E-state index contributed by atoms with van der Waals surface area (Å²) < 4.78 is 10.3. The summed E-state index contributed by atoms with van der Waals surface area (Å²) in [5.41, 5.74) is 0.0890. The second-order valence-electron chi connectivity index (χ2n) is 7.02. The highest BCUT2D eigenvalue weighted by Gasteiger charge is 2.31. The van der Waals surface area contributed by atoms with Crippen LogP contribution in [0.3, 0.4) is 0 Å². The molecule has 0 radical (unpaired) electrons. The summed E-state index contributed by atoms with van der Waals surface area (Å²) in [6.07, 6.45) is -0.664. The maximum absolute atomic E-state index is 12.7. The Labute approximate surface area is 146 Å². The smallest absolute Gasteiger partial charge is 0.408 e. The standard InChI is InChI=1S/C18H23N3O4/c1-11(2)13(19-17(23)24-18(3,4)5)14(22)16-20-15(21-25-16)12-9-7-6-8-10-12/h6-11,13H,1-5H3,(H,19,23). The van der Waals surface area contributed by atoms with Gasteiger partial charge in [-0.15, -0.1) is 0 Å². The molecule has 25 heavy (non-hydrogen) atoms. The fraction of sp³-hybridized carbons (Fsp3) is 0.444. The minimum atomic E-state index is -0.820. The van der Waals surface area contributed by atoms with Crippen molar-refractivity contribution in [2.24, 2.45) is 5.92 Å². The molecule has 0 fully saturated rings. The van der Waals surface area contributed by atoms with Crippen LogP contribution in [0, 0.1) is 5.92 Å². The summed E-state index contributed by atoms with van der Waals surface area (Å²) in [7, 11) is 0.